The minimum absolute atomic E-state index is 0.542. The minimum atomic E-state index is 0.542. The van der Waals surface area contributed by atoms with Gasteiger partial charge < -0.3 is 10.6 Å². The van der Waals surface area contributed by atoms with Gasteiger partial charge in [-0.05, 0) is 50.5 Å². The van der Waals surface area contributed by atoms with Crippen LogP contribution in [-0.4, -0.2) is 16.0 Å². The molecule has 0 unspecified atom stereocenters. The number of rotatable bonds is 4. The lowest BCUT2D eigenvalue weighted by Crippen LogP contribution is -2.23. The second-order valence-electron chi connectivity index (χ2n) is 6.28. The molecule has 1 aromatic heterocycles. The summed E-state index contributed by atoms with van der Waals surface area (Å²) in [5, 5.41) is 6.91. The smallest absolute Gasteiger partial charge is 0.229 e. The third kappa shape index (κ3) is 4.44. The second kappa shape index (κ2) is 7.30. The molecular formula is C18H23BrN4. The lowest BCUT2D eigenvalue weighted by atomic mass is 9.95. The first-order chi connectivity index (χ1) is 11.1. The van der Waals surface area contributed by atoms with Crippen molar-refractivity contribution in [2.24, 2.45) is 0 Å². The third-order valence-corrected chi connectivity index (χ3v) is 4.74. The molecule has 0 radical (unpaired) electrons. The Morgan fingerprint density at radius 3 is 2.57 bits per heavy atom. The van der Waals surface area contributed by atoms with Gasteiger partial charge >= 0.3 is 0 Å². The largest absolute Gasteiger partial charge is 0.367 e. The molecule has 0 saturated heterocycles. The number of benzene rings is 1. The molecule has 3 rings (SSSR count). The molecule has 1 aliphatic rings. The van der Waals surface area contributed by atoms with E-state index in [2.05, 4.69) is 49.5 Å². The van der Waals surface area contributed by atoms with E-state index in [1.807, 2.05) is 25.1 Å². The standard InChI is InChI=1S/C18H23BrN4/c1-12-10-14(19)8-9-16(12)22-18-20-13(2)11-17(23-18)21-15-6-4-3-5-7-15/h8-11,15H,3-7H2,1-2H3,(H2,20,21,22,23). The molecule has 0 amide bonds. The highest BCUT2D eigenvalue weighted by molar-refractivity contribution is 9.10. The highest BCUT2D eigenvalue weighted by Gasteiger charge is 2.14. The quantitative estimate of drug-likeness (QED) is 0.757. The maximum absolute atomic E-state index is 4.64. The maximum atomic E-state index is 4.64. The Kier molecular flexibility index (Phi) is 5.16. The fraction of sp³-hybridized carbons (Fsp3) is 0.444. The summed E-state index contributed by atoms with van der Waals surface area (Å²) in [4.78, 5) is 9.15. The first kappa shape index (κ1) is 16.2. The van der Waals surface area contributed by atoms with E-state index in [0.29, 0.717) is 12.0 Å². The summed E-state index contributed by atoms with van der Waals surface area (Å²) in [6, 6.07) is 8.71. The van der Waals surface area contributed by atoms with Crippen LogP contribution in [0.15, 0.2) is 28.7 Å². The van der Waals surface area contributed by atoms with E-state index >= 15 is 0 Å². The Morgan fingerprint density at radius 2 is 1.83 bits per heavy atom. The van der Waals surface area contributed by atoms with E-state index in [1.54, 1.807) is 0 Å². The van der Waals surface area contributed by atoms with Crippen molar-refractivity contribution in [3.8, 4) is 0 Å². The van der Waals surface area contributed by atoms with Crippen LogP contribution in [0.25, 0.3) is 0 Å². The minimum Gasteiger partial charge on any atom is -0.367 e. The second-order valence-corrected chi connectivity index (χ2v) is 7.20. The van der Waals surface area contributed by atoms with Crippen molar-refractivity contribution in [3.05, 3.63) is 40.0 Å². The van der Waals surface area contributed by atoms with Crippen molar-refractivity contribution in [1.29, 1.82) is 0 Å². The molecule has 0 bridgehead atoms. The summed E-state index contributed by atoms with van der Waals surface area (Å²) in [5.41, 5.74) is 3.16. The highest BCUT2D eigenvalue weighted by Crippen LogP contribution is 2.24. The van der Waals surface area contributed by atoms with Gasteiger partial charge in [0.05, 0.1) is 0 Å². The number of nitrogens with zero attached hydrogens (tertiary/aromatic N) is 2. The van der Waals surface area contributed by atoms with E-state index in [9.17, 15) is 0 Å². The molecule has 0 atom stereocenters. The Balaban J connectivity index is 1.76. The molecule has 2 aromatic rings. The van der Waals surface area contributed by atoms with Crippen molar-refractivity contribution in [1.82, 2.24) is 9.97 Å². The average molecular weight is 375 g/mol. The van der Waals surface area contributed by atoms with Crippen LogP contribution < -0.4 is 10.6 Å². The SMILES string of the molecule is Cc1cc(NC2CCCCC2)nc(Nc2ccc(Br)cc2C)n1. The fourth-order valence-corrected chi connectivity index (χ4v) is 3.52. The van der Waals surface area contributed by atoms with Crippen molar-refractivity contribution < 1.29 is 0 Å². The zero-order chi connectivity index (χ0) is 16.2. The number of hydrogen-bond acceptors (Lipinski definition) is 4. The monoisotopic (exact) mass is 374 g/mol. The molecule has 1 aromatic carbocycles. The van der Waals surface area contributed by atoms with Crippen molar-refractivity contribution in [3.63, 3.8) is 0 Å². The molecule has 5 heteroatoms. The van der Waals surface area contributed by atoms with Gasteiger partial charge in [-0.15, -0.1) is 0 Å². The van der Waals surface area contributed by atoms with E-state index in [1.165, 1.54) is 32.1 Å². The predicted octanol–water partition coefficient (Wildman–Crippen LogP) is 5.34. The summed E-state index contributed by atoms with van der Waals surface area (Å²) in [6.45, 7) is 4.08. The number of hydrogen-bond donors (Lipinski definition) is 2. The Bertz CT molecular complexity index is 681. The van der Waals surface area contributed by atoms with Crippen molar-refractivity contribution in [2.45, 2.75) is 52.0 Å². The van der Waals surface area contributed by atoms with Gasteiger partial charge in [0.15, 0.2) is 0 Å². The number of aryl methyl sites for hydroxylation is 2. The van der Waals surface area contributed by atoms with E-state index in [4.69, 9.17) is 0 Å². The molecule has 1 saturated carbocycles. The molecule has 0 spiro atoms. The van der Waals surface area contributed by atoms with E-state index in [0.717, 1.165) is 27.2 Å². The third-order valence-electron chi connectivity index (χ3n) is 4.25. The lowest BCUT2D eigenvalue weighted by molar-refractivity contribution is 0.462. The summed E-state index contributed by atoms with van der Waals surface area (Å²) in [7, 11) is 0. The van der Waals surface area contributed by atoms with Gasteiger partial charge in [-0.3, -0.25) is 0 Å². The number of halogens is 1. The molecule has 2 N–H and O–H groups in total. The number of aromatic nitrogens is 2. The van der Waals surface area contributed by atoms with Crippen LogP contribution in [0.4, 0.5) is 17.5 Å². The van der Waals surface area contributed by atoms with Crippen LogP contribution in [0.2, 0.25) is 0 Å². The van der Waals surface area contributed by atoms with Crippen LogP contribution in [0.5, 0.6) is 0 Å². The summed E-state index contributed by atoms with van der Waals surface area (Å²) in [5.74, 6) is 1.57. The molecule has 122 valence electrons. The van der Waals surface area contributed by atoms with Crippen LogP contribution >= 0.6 is 15.9 Å². The van der Waals surface area contributed by atoms with Crippen LogP contribution in [0.1, 0.15) is 43.4 Å². The van der Waals surface area contributed by atoms with Gasteiger partial charge in [-0.2, -0.15) is 4.98 Å². The molecule has 23 heavy (non-hydrogen) atoms. The first-order valence-electron chi connectivity index (χ1n) is 8.25. The average Bonchev–Trinajstić information content (AvgIpc) is 2.50. The molecule has 4 nitrogen and oxygen atoms in total. The Morgan fingerprint density at radius 1 is 1.04 bits per heavy atom. The van der Waals surface area contributed by atoms with Gasteiger partial charge in [0, 0.05) is 28.0 Å². The Hall–Kier alpha value is -1.62. The zero-order valence-electron chi connectivity index (χ0n) is 13.7. The predicted molar refractivity (Wildman–Crippen MR) is 99.4 cm³/mol. The summed E-state index contributed by atoms with van der Waals surface area (Å²) in [6.07, 6.45) is 6.45. The lowest BCUT2D eigenvalue weighted by Gasteiger charge is -2.23. The summed E-state index contributed by atoms with van der Waals surface area (Å²) < 4.78 is 1.07. The van der Waals surface area contributed by atoms with Gasteiger partial charge in [0.25, 0.3) is 0 Å². The fourth-order valence-electron chi connectivity index (χ4n) is 3.04. The molecule has 1 fully saturated rings. The van der Waals surface area contributed by atoms with Gasteiger partial charge in [0.1, 0.15) is 5.82 Å². The van der Waals surface area contributed by atoms with Crippen LogP contribution in [0.3, 0.4) is 0 Å². The number of nitrogens with one attached hydrogen (secondary N) is 2. The van der Waals surface area contributed by atoms with Gasteiger partial charge in [-0.1, -0.05) is 35.2 Å². The highest BCUT2D eigenvalue weighted by atomic mass is 79.9. The molecule has 0 aliphatic heterocycles. The molecule has 1 heterocycles. The topological polar surface area (TPSA) is 49.8 Å². The van der Waals surface area contributed by atoms with Crippen LogP contribution in [0, 0.1) is 13.8 Å². The van der Waals surface area contributed by atoms with Crippen molar-refractivity contribution in [2.75, 3.05) is 10.6 Å². The number of anilines is 3. The Labute approximate surface area is 146 Å². The first-order valence-corrected chi connectivity index (χ1v) is 9.05. The van der Waals surface area contributed by atoms with Gasteiger partial charge in [0.2, 0.25) is 5.95 Å². The maximum Gasteiger partial charge on any atom is 0.229 e. The van der Waals surface area contributed by atoms with Gasteiger partial charge in [-0.25, -0.2) is 4.98 Å². The summed E-state index contributed by atoms with van der Waals surface area (Å²) >= 11 is 3.49. The normalized spacial score (nSPS) is 15.4. The van der Waals surface area contributed by atoms with Crippen molar-refractivity contribution >= 4 is 33.4 Å². The van der Waals surface area contributed by atoms with E-state index < -0.39 is 0 Å². The zero-order valence-corrected chi connectivity index (χ0v) is 15.3. The molecule has 1 aliphatic carbocycles. The van der Waals surface area contributed by atoms with Crippen LogP contribution in [-0.2, 0) is 0 Å². The van der Waals surface area contributed by atoms with E-state index in [-0.39, 0.29) is 0 Å². The molecular weight excluding hydrogens is 352 g/mol.